The summed E-state index contributed by atoms with van der Waals surface area (Å²) in [6.07, 6.45) is 2.98. The van der Waals surface area contributed by atoms with Crippen molar-refractivity contribution in [1.82, 2.24) is 0 Å². The molecule has 2 rings (SSSR count). The molecule has 0 fully saturated rings. The van der Waals surface area contributed by atoms with Crippen molar-refractivity contribution in [3.05, 3.63) is 37.3 Å². The summed E-state index contributed by atoms with van der Waals surface area (Å²) in [7, 11) is 0. The maximum absolute atomic E-state index is 5.35. The van der Waals surface area contributed by atoms with Gasteiger partial charge in [0.25, 0.3) is 0 Å². The fraction of sp³-hybridized carbons (Fsp3) is 0.333. The molecule has 0 aliphatic carbocycles. The first kappa shape index (κ1) is 15.1. The maximum atomic E-state index is 5.35. The number of fused-ring (bicyclic) bond motifs is 1. The summed E-state index contributed by atoms with van der Waals surface area (Å²) >= 11 is 0. The quantitative estimate of drug-likeness (QED) is 0.672. The van der Waals surface area contributed by atoms with Gasteiger partial charge in [-0.15, -0.1) is 0 Å². The van der Waals surface area contributed by atoms with Crippen LogP contribution in [0.1, 0.15) is 26.3 Å². The van der Waals surface area contributed by atoms with Gasteiger partial charge < -0.3 is 7.43 Å². The summed E-state index contributed by atoms with van der Waals surface area (Å²) in [5.74, 6) is 1.98. The van der Waals surface area contributed by atoms with Crippen LogP contribution in [0.15, 0.2) is 22.5 Å². The molecule has 0 saturated carbocycles. The Morgan fingerprint density at radius 2 is 2.00 bits per heavy atom. The maximum Gasteiger partial charge on any atom is 0 e. The minimum atomic E-state index is 0. The van der Waals surface area contributed by atoms with Gasteiger partial charge in [0.1, 0.15) is 0 Å². The van der Waals surface area contributed by atoms with E-state index in [-0.39, 0.29) is 45.6 Å². The van der Waals surface area contributed by atoms with Crippen LogP contribution < -0.4 is 0 Å². The van der Waals surface area contributed by atoms with Crippen LogP contribution in [0, 0.1) is 13.7 Å². The summed E-state index contributed by atoms with van der Waals surface area (Å²) in [5.41, 5.74) is 2.18. The minimum Gasteiger partial charge on any atom is -0.358 e. The van der Waals surface area contributed by atoms with E-state index in [1.807, 2.05) is 18.9 Å². The van der Waals surface area contributed by atoms with Crippen molar-refractivity contribution >= 4 is 17.8 Å². The zero-order chi connectivity index (χ0) is 9.47. The third kappa shape index (κ3) is 3.01. The van der Waals surface area contributed by atoms with Gasteiger partial charge in [-0.3, -0.25) is 0 Å². The third-order valence-corrected chi connectivity index (χ3v) is 2.17. The SMILES string of the molecule is CC(C)(C)c1[c-]oc2bcccc12.[CH3-].[Y]. The van der Waals surface area contributed by atoms with E-state index in [9.17, 15) is 0 Å². The molecule has 3 heteroatoms. The monoisotopic (exact) mass is 275 g/mol. The predicted molar refractivity (Wildman–Crippen MR) is 61.5 cm³/mol. The number of hydrogen-bond donors (Lipinski definition) is 0. The Morgan fingerprint density at radius 1 is 1.33 bits per heavy atom. The summed E-state index contributed by atoms with van der Waals surface area (Å²) in [4.78, 5) is 0. The van der Waals surface area contributed by atoms with E-state index in [1.54, 1.807) is 0 Å². The van der Waals surface area contributed by atoms with Crippen LogP contribution in [0.3, 0.4) is 0 Å². The number of furan rings is 1. The summed E-state index contributed by atoms with van der Waals surface area (Å²) in [5, 5.41) is 1.18. The zero-order valence-electron chi connectivity index (χ0n) is 9.79. The van der Waals surface area contributed by atoms with Gasteiger partial charge in [-0.1, -0.05) is 0 Å². The molecule has 2 aromatic rings. The first-order valence-corrected chi connectivity index (χ1v) is 4.49. The fourth-order valence-corrected chi connectivity index (χ4v) is 1.48. The molecular weight excluding hydrogens is 260 g/mol. The minimum absolute atomic E-state index is 0. The first-order chi connectivity index (χ1) is 6.09. The number of rotatable bonds is 0. The van der Waals surface area contributed by atoms with Crippen molar-refractivity contribution in [3.63, 3.8) is 0 Å². The molecule has 0 aliphatic rings. The van der Waals surface area contributed by atoms with Gasteiger partial charge in [0.2, 0.25) is 0 Å². The van der Waals surface area contributed by atoms with Gasteiger partial charge in [-0.25, -0.2) is 0 Å². The van der Waals surface area contributed by atoms with Crippen molar-refractivity contribution in [3.8, 4) is 0 Å². The van der Waals surface area contributed by atoms with E-state index in [0.717, 1.165) is 11.0 Å². The molecule has 0 saturated heterocycles. The molecule has 0 N–H and O–H groups in total. The Kier molecular flexibility index (Phi) is 5.43. The van der Waals surface area contributed by atoms with Crippen molar-refractivity contribution in [1.29, 1.82) is 0 Å². The van der Waals surface area contributed by atoms with E-state index in [1.165, 1.54) is 5.39 Å². The van der Waals surface area contributed by atoms with Crippen LogP contribution in [0.5, 0.6) is 0 Å². The predicted octanol–water partition coefficient (Wildman–Crippen LogP) is 3.32. The molecular formula is C12H15BOY-2. The van der Waals surface area contributed by atoms with E-state index in [4.69, 9.17) is 4.42 Å². The molecule has 0 amide bonds. The molecule has 1 nitrogen and oxygen atoms in total. The Bertz CT molecular complexity index is 428. The van der Waals surface area contributed by atoms with Crippen molar-refractivity contribution in [2.75, 3.05) is 0 Å². The van der Waals surface area contributed by atoms with E-state index < -0.39 is 0 Å². The Balaban J connectivity index is 0.000000980. The van der Waals surface area contributed by atoms with Gasteiger partial charge in [0.05, 0.1) is 0 Å². The van der Waals surface area contributed by atoms with E-state index >= 15 is 0 Å². The van der Waals surface area contributed by atoms with Crippen molar-refractivity contribution < 1.29 is 37.1 Å². The second-order valence-electron chi connectivity index (χ2n) is 4.33. The molecule has 0 aliphatic heterocycles. The Morgan fingerprint density at radius 3 is 2.60 bits per heavy atom. The summed E-state index contributed by atoms with van der Waals surface area (Å²) < 4.78 is 5.35. The summed E-state index contributed by atoms with van der Waals surface area (Å²) in [6.45, 7) is 8.48. The van der Waals surface area contributed by atoms with Crippen molar-refractivity contribution in [2.45, 2.75) is 26.2 Å². The Hall–Kier alpha value is 0.0588. The third-order valence-electron chi connectivity index (χ3n) is 2.17. The molecule has 2 aromatic heterocycles. The van der Waals surface area contributed by atoms with Gasteiger partial charge >= 0.3 is 78.3 Å². The Labute approximate surface area is 118 Å². The van der Waals surface area contributed by atoms with E-state index in [2.05, 4.69) is 33.1 Å². The van der Waals surface area contributed by atoms with Crippen LogP contribution in [0.25, 0.3) is 10.9 Å². The molecule has 0 spiro atoms. The van der Waals surface area contributed by atoms with Gasteiger partial charge in [-0.2, -0.15) is 0 Å². The molecule has 0 unspecified atom stereocenters. The van der Waals surface area contributed by atoms with Crippen LogP contribution in [-0.4, -0.2) is 6.91 Å². The summed E-state index contributed by atoms with van der Waals surface area (Å²) in [6, 6.07) is 4.11. The van der Waals surface area contributed by atoms with Gasteiger partial charge in [-0.05, 0) is 0 Å². The van der Waals surface area contributed by atoms with Crippen LogP contribution in [0.2, 0.25) is 0 Å². The molecule has 0 bridgehead atoms. The fourth-order valence-electron chi connectivity index (χ4n) is 1.48. The molecule has 77 valence electrons. The molecule has 0 atom stereocenters. The second kappa shape index (κ2) is 5.41. The van der Waals surface area contributed by atoms with Crippen LogP contribution in [-0.2, 0) is 38.1 Å². The zero-order valence-corrected chi connectivity index (χ0v) is 12.6. The second-order valence-corrected chi connectivity index (χ2v) is 4.33. The van der Waals surface area contributed by atoms with Gasteiger partial charge in [0, 0.05) is 32.7 Å². The van der Waals surface area contributed by atoms with Crippen molar-refractivity contribution in [2.24, 2.45) is 0 Å². The largest absolute Gasteiger partial charge is 0.358 e. The van der Waals surface area contributed by atoms with Crippen LogP contribution >= 0.6 is 0 Å². The standard InChI is InChI=1S/C11H12BO.CH3.Y/c1-11(2,3)9-7-13-10-8(9)5-4-6-12-10;;/h4-6H,1-3H3;1H3;/q2*-1;. The number of hydrogen-bond acceptors (Lipinski definition) is 1. The van der Waals surface area contributed by atoms with Crippen LogP contribution in [0.4, 0.5) is 0 Å². The molecule has 15 heavy (non-hydrogen) atoms. The average molecular weight is 275 g/mol. The van der Waals surface area contributed by atoms with E-state index in [0.29, 0.717) is 0 Å². The molecule has 1 radical (unpaired) electrons. The topological polar surface area (TPSA) is 13.1 Å². The molecule has 0 aromatic carbocycles. The smallest absolute Gasteiger partial charge is 0 e. The first-order valence-electron chi connectivity index (χ1n) is 4.49. The average Bonchev–Trinajstić information content (AvgIpc) is 2.45. The molecule has 2 heterocycles. The van der Waals surface area contributed by atoms with Gasteiger partial charge in [0.15, 0.2) is 0 Å². The normalized spacial score (nSPS) is 10.3.